The van der Waals surface area contributed by atoms with Gasteiger partial charge in [-0.15, -0.1) is 0 Å². The number of aliphatic imine (C=N–C) groups is 1. The van der Waals surface area contributed by atoms with Crippen LogP contribution in [0.3, 0.4) is 0 Å². The second-order valence-electron chi connectivity index (χ2n) is 7.32. The molecule has 0 saturated heterocycles. The predicted molar refractivity (Wildman–Crippen MR) is 118 cm³/mol. The van der Waals surface area contributed by atoms with Gasteiger partial charge in [-0.05, 0) is 43.4 Å². The number of carbonyl (C=O) groups excluding carboxylic acids is 2. The Bertz CT molecular complexity index is 855. The van der Waals surface area contributed by atoms with Crippen LogP contribution >= 0.6 is 0 Å². The van der Waals surface area contributed by atoms with Crippen LogP contribution < -0.4 is 27.8 Å². The van der Waals surface area contributed by atoms with Gasteiger partial charge in [0.25, 0.3) is 0 Å². The van der Waals surface area contributed by atoms with Crippen molar-refractivity contribution in [2.75, 3.05) is 6.54 Å². The number of guanidine groups is 1. The lowest BCUT2D eigenvalue weighted by atomic mass is 10.0. The monoisotopic (exact) mass is 466 g/mol. The van der Waals surface area contributed by atoms with Crippen molar-refractivity contribution in [3.63, 3.8) is 0 Å². The van der Waals surface area contributed by atoms with Gasteiger partial charge in [-0.1, -0.05) is 12.1 Å². The van der Waals surface area contributed by atoms with Gasteiger partial charge in [0, 0.05) is 13.0 Å². The molecular formula is C20H30N6O7. The van der Waals surface area contributed by atoms with Crippen LogP contribution in [-0.4, -0.2) is 69.7 Å². The number of benzene rings is 1. The van der Waals surface area contributed by atoms with E-state index in [2.05, 4.69) is 15.6 Å². The molecule has 11 N–H and O–H groups in total. The summed E-state index contributed by atoms with van der Waals surface area (Å²) in [5.41, 5.74) is 17.0. The van der Waals surface area contributed by atoms with Crippen LogP contribution in [-0.2, 0) is 25.6 Å². The fourth-order valence-corrected chi connectivity index (χ4v) is 2.83. The Hall–Kier alpha value is -3.87. The lowest BCUT2D eigenvalue weighted by Crippen LogP contribution is -2.54. The second kappa shape index (κ2) is 13.5. The molecule has 0 fully saturated rings. The van der Waals surface area contributed by atoms with Gasteiger partial charge in [-0.3, -0.25) is 19.4 Å². The van der Waals surface area contributed by atoms with Crippen LogP contribution in [0.25, 0.3) is 0 Å². The fraction of sp³-hybridized carbons (Fsp3) is 0.450. The molecule has 2 amide bonds. The lowest BCUT2D eigenvalue weighted by molar-refractivity contribution is -0.143. The zero-order valence-electron chi connectivity index (χ0n) is 17.9. The van der Waals surface area contributed by atoms with Crippen molar-refractivity contribution < 1.29 is 34.5 Å². The molecular weight excluding hydrogens is 436 g/mol. The summed E-state index contributed by atoms with van der Waals surface area (Å²) >= 11 is 0. The SMILES string of the molecule is NC(N)=NCCC[C@H](NC(=O)[C@H](CCC(=O)O)NC(=O)[C@@H](N)Cc1ccc(O)cc1)C(=O)O. The zero-order valence-corrected chi connectivity index (χ0v) is 17.9. The molecule has 0 spiro atoms. The van der Waals surface area contributed by atoms with E-state index in [0.717, 1.165) is 0 Å². The quantitative estimate of drug-likeness (QED) is 0.0871. The summed E-state index contributed by atoms with van der Waals surface area (Å²) < 4.78 is 0. The number of hydrogen-bond donors (Lipinski definition) is 8. The fourth-order valence-electron chi connectivity index (χ4n) is 2.83. The van der Waals surface area contributed by atoms with Gasteiger partial charge in [0.15, 0.2) is 5.96 Å². The summed E-state index contributed by atoms with van der Waals surface area (Å²) in [6, 6.07) is 2.36. The highest BCUT2D eigenvalue weighted by Gasteiger charge is 2.28. The Kier molecular flexibility index (Phi) is 11.1. The first-order chi connectivity index (χ1) is 15.5. The Morgan fingerprint density at radius 1 is 0.939 bits per heavy atom. The number of carbonyl (C=O) groups is 4. The number of aliphatic carboxylic acids is 2. The van der Waals surface area contributed by atoms with Gasteiger partial charge in [0.05, 0.1) is 6.04 Å². The van der Waals surface area contributed by atoms with E-state index in [1.807, 2.05) is 0 Å². The number of amides is 2. The van der Waals surface area contributed by atoms with Gasteiger partial charge in [0.2, 0.25) is 11.8 Å². The first-order valence-corrected chi connectivity index (χ1v) is 10.1. The average Bonchev–Trinajstić information content (AvgIpc) is 2.73. The third-order valence-electron chi connectivity index (χ3n) is 4.57. The maximum absolute atomic E-state index is 12.6. The Balaban J connectivity index is 2.79. The highest BCUT2D eigenvalue weighted by Crippen LogP contribution is 2.11. The summed E-state index contributed by atoms with van der Waals surface area (Å²) in [5, 5.41) is 32.3. The lowest BCUT2D eigenvalue weighted by Gasteiger charge is -2.22. The minimum Gasteiger partial charge on any atom is -0.508 e. The molecule has 33 heavy (non-hydrogen) atoms. The van der Waals surface area contributed by atoms with Crippen molar-refractivity contribution in [3.8, 4) is 5.75 Å². The van der Waals surface area contributed by atoms with Crippen LogP contribution in [0.1, 0.15) is 31.2 Å². The Labute approximate surface area is 190 Å². The molecule has 3 atom stereocenters. The van der Waals surface area contributed by atoms with Gasteiger partial charge >= 0.3 is 11.9 Å². The van der Waals surface area contributed by atoms with E-state index in [9.17, 15) is 29.4 Å². The van der Waals surface area contributed by atoms with Crippen molar-refractivity contribution >= 4 is 29.7 Å². The van der Waals surface area contributed by atoms with E-state index >= 15 is 0 Å². The maximum Gasteiger partial charge on any atom is 0.326 e. The molecule has 1 rings (SSSR count). The van der Waals surface area contributed by atoms with Crippen LogP contribution in [0.4, 0.5) is 0 Å². The zero-order chi connectivity index (χ0) is 25.0. The van der Waals surface area contributed by atoms with Crippen LogP contribution in [0.2, 0.25) is 0 Å². The van der Waals surface area contributed by atoms with Crippen molar-refractivity contribution in [2.24, 2.45) is 22.2 Å². The number of nitrogens with zero attached hydrogens (tertiary/aromatic N) is 1. The molecule has 0 aliphatic heterocycles. The van der Waals surface area contributed by atoms with Gasteiger partial charge < -0.3 is 43.2 Å². The van der Waals surface area contributed by atoms with Crippen molar-refractivity contribution in [1.82, 2.24) is 10.6 Å². The van der Waals surface area contributed by atoms with Crippen molar-refractivity contribution in [2.45, 2.75) is 50.2 Å². The number of hydrogen-bond acceptors (Lipinski definition) is 7. The molecule has 13 heteroatoms. The van der Waals surface area contributed by atoms with Gasteiger partial charge in [-0.25, -0.2) is 4.79 Å². The average molecular weight is 466 g/mol. The number of aromatic hydroxyl groups is 1. The topological polar surface area (TPSA) is 243 Å². The number of rotatable bonds is 14. The van der Waals surface area contributed by atoms with Crippen molar-refractivity contribution in [3.05, 3.63) is 29.8 Å². The van der Waals surface area contributed by atoms with E-state index in [4.69, 9.17) is 22.3 Å². The summed E-state index contributed by atoms with van der Waals surface area (Å²) in [4.78, 5) is 51.3. The van der Waals surface area contributed by atoms with E-state index in [1.165, 1.54) is 12.1 Å². The molecule has 0 aromatic heterocycles. The molecule has 182 valence electrons. The molecule has 0 radical (unpaired) electrons. The number of carboxylic acid groups (broad SMARTS) is 2. The van der Waals surface area contributed by atoms with Crippen molar-refractivity contribution in [1.29, 1.82) is 0 Å². The number of phenolic OH excluding ortho intramolecular Hbond substituents is 1. The number of carboxylic acids is 2. The van der Waals surface area contributed by atoms with Crippen LogP contribution in [0, 0.1) is 0 Å². The van der Waals surface area contributed by atoms with Crippen LogP contribution in [0.5, 0.6) is 5.75 Å². The number of phenols is 1. The first kappa shape index (κ1) is 27.2. The Morgan fingerprint density at radius 2 is 1.55 bits per heavy atom. The molecule has 0 saturated carbocycles. The standard InChI is InChI=1S/C20H30N6O7/c21-13(10-11-3-5-12(27)6-4-11)17(30)25-14(7-8-16(28)29)18(31)26-15(19(32)33)2-1-9-24-20(22)23/h3-6,13-15,27H,1-2,7-10,21H2,(H,25,30)(H,26,31)(H,28,29)(H,32,33)(H4,22,23,24)/t13-,14-,15-/m0/s1. The maximum atomic E-state index is 12.6. The van der Waals surface area contributed by atoms with E-state index in [-0.39, 0.29) is 43.9 Å². The van der Waals surface area contributed by atoms with Crippen LogP contribution in [0.15, 0.2) is 29.3 Å². The first-order valence-electron chi connectivity index (χ1n) is 10.1. The van der Waals surface area contributed by atoms with Gasteiger partial charge in [-0.2, -0.15) is 0 Å². The summed E-state index contributed by atoms with van der Waals surface area (Å²) in [7, 11) is 0. The third-order valence-corrected chi connectivity index (χ3v) is 4.57. The predicted octanol–water partition coefficient (Wildman–Crippen LogP) is -1.77. The third kappa shape index (κ3) is 10.8. The largest absolute Gasteiger partial charge is 0.508 e. The smallest absolute Gasteiger partial charge is 0.326 e. The molecule has 1 aromatic carbocycles. The summed E-state index contributed by atoms with van der Waals surface area (Å²) in [5.74, 6) is -4.16. The highest BCUT2D eigenvalue weighted by atomic mass is 16.4. The van der Waals surface area contributed by atoms with E-state index in [1.54, 1.807) is 12.1 Å². The molecule has 13 nitrogen and oxygen atoms in total. The second-order valence-corrected chi connectivity index (χ2v) is 7.32. The van der Waals surface area contributed by atoms with E-state index in [0.29, 0.717) is 5.56 Å². The summed E-state index contributed by atoms with van der Waals surface area (Å²) in [6.45, 7) is 0.160. The minimum absolute atomic E-state index is 0.0117. The molecule has 0 aliphatic carbocycles. The highest BCUT2D eigenvalue weighted by molar-refractivity contribution is 5.92. The number of nitrogens with two attached hydrogens (primary N) is 3. The molecule has 0 bridgehead atoms. The normalized spacial score (nSPS) is 13.2. The molecule has 0 aliphatic rings. The van der Waals surface area contributed by atoms with E-state index < -0.39 is 48.3 Å². The van der Waals surface area contributed by atoms with Gasteiger partial charge in [0.1, 0.15) is 17.8 Å². The minimum atomic E-state index is -1.31. The Morgan fingerprint density at radius 3 is 2.09 bits per heavy atom. The summed E-state index contributed by atoms with van der Waals surface area (Å²) in [6.07, 6.45) is -0.328. The molecule has 1 aromatic rings. The molecule has 0 unspecified atom stereocenters. The molecule has 0 heterocycles. The number of nitrogens with one attached hydrogen (secondary N) is 2.